The minimum absolute atomic E-state index is 0.163. The van der Waals surface area contributed by atoms with Crippen LogP contribution in [-0.2, 0) is 4.74 Å². The van der Waals surface area contributed by atoms with Gasteiger partial charge in [0, 0.05) is 0 Å². The van der Waals surface area contributed by atoms with Crippen LogP contribution in [0, 0.1) is 5.92 Å². The van der Waals surface area contributed by atoms with Gasteiger partial charge in [0.25, 0.3) is 0 Å². The van der Waals surface area contributed by atoms with E-state index in [1.165, 1.54) is 7.11 Å². The van der Waals surface area contributed by atoms with Gasteiger partial charge in [-0.1, -0.05) is 20.8 Å². The zero-order chi connectivity index (χ0) is 13.5. The van der Waals surface area contributed by atoms with Gasteiger partial charge in [-0.05, 0) is 37.4 Å². The molecule has 0 aliphatic rings. The Labute approximate surface area is 109 Å². The zero-order valence-electron chi connectivity index (χ0n) is 11.7. The van der Waals surface area contributed by atoms with Crippen LogP contribution in [0.5, 0.6) is 0 Å². The van der Waals surface area contributed by atoms with Crippen LogP contribution in [-0.4, -0.2) is 19.6 Å². The summed E-state index contributed by atoms with van der Waals surface area (Å²) >= 11 is 0. The summed E-state index contributed by atoms with van der Waals surface area (Å²) in [6.07, 6.45) is 2.12. The third kappa shape index (κ3) is 4.18. The SMILES string of the molecule is CCNC(CCC(C)C)c1ccc(C(=O)OC)o1. The van der Waals surface area contributed by atoms with Crippen molar-refractivity contribution in [2.45, 2.75) is 39.7 Å². The van der Waals surface area contributed by atoms with E-state index in [2.05, 4.69) is 30.8 Å². The molecule has 1 aromatic heterocycles. The Kier molecular flexibility index (Phi) is 5.92. The Bertz CT molecular complexity index is 371. The lowest BCUT2D eigenvalue weighted by molar-refractivity contribution is 0.0561. The Morgan fingerprint density at radius 2 is 2.11 bits per heavy atom. The summed E-state index contributed by atoms with van der Waals surface area (Å²) in [6, 6.07) is 3.68. The lowest BCUT2D eigenvalue weighted by Crippen LogP contribution is -2.20. The number of hydrogen-bond donors (Lipinski definition) is 1. The van der Waals surface area contributed by atoms with E-state index in [9.17, 15) is 4.79 Å². The van der Waals surface area contributed by atoms with Gasteiger partial charge in [-0.15, -0.1) is 0 Å². The van der Waals surface area contributed by atoms with E-state index < -0.39 is 5.97 Å². The quantitative estimate of drug-likeness (QED) is 0.758. The van der Waals surface area contributed by atoms with E-state index in [-0.39, 0.29) is 11.8 Å². The molecule has 1 N–H and O–H groups in total. The fraction of sp³-hybridized carbons (Fsp3) is 0.643. The molecule has 0 aliphatic carbocycles. The monoisotopic (exact) mass is 253 g/mol. The number of methoxy groups -OCH3 is 1. The maximum Gasteiger partial charge on any atom is 0.373 e. The molecule has 4 heteroatoms. The number of ether oxygens (including phenoxy) is 1. The first-order valence-electron chi connectivity index (χ1n) is 6.49. The highest BCUT2D eigenvalue weighted by molar-refractivity contribution is 5.86. The van der Waals surface area contributed by atoms with Crippen LogP contribution < -0.4 is 5.32 Å². The molecule has 1 atom stereocenters. The van der Waals surface area contributed by atoms with Crippen molar-refractivity contribution in [2.24, 2.45) is 5.92 Å². The number of carbonyl (C=O) groups is 1. The molecule has 0 aliphatic heterocycles. The van der Waals surface area contributed by atoms with Crippen LogP contribution in [0.3, 0.4) is 0 Å². The van der Waals surface area contributed by atoms with E-state index in [4.69, 9.17) is 4.42 Å². The van der Waals surface area contributed by atoms with Gasteiger partial charge in [0.15, 0.2) is 0 Å². The topological polar surface area (TPSA) is 51.5 Å². The van der Waals surface area contributed by atoms with Crippen LogP contribution in [0.2, 0.25) is 0 Å². The second-order valence-corrected chi connectivity index (χ2v) is 4.78. The van der Waals surface area contributed by atoms with E-state index in [1.54, 1.807) is 6.07 Å². The number of nitrogens with one attached hydrogen (secondary N) is 1. The Hall–Kier alpha value is -1.29. The van der Waals surface area contributed by atoms with Crippen molar-refractivity contribution in [3.63, 3.8) is 0 Å². The second-order valence-electron chi connectivity index (χ2n) is 4.78. The fourth-order valence-corrected chi connectivity index (χ4v) is 1.84. The van der Waals surface area contributed by atoms with Crippen LogP contribution in [0.1, 0.15) is 56.0 Å². The average Bonchev–Trinajstić information content (AvgIpc) is 2.82. The van der Waals surface area contributed by atoms with Crippen LogP contribution >= 0.6 is 0 Å². The molecule has 1 unspecified atom stereocenters. The minimum atomic E-state index is -0.430. The molecule has 0 bridgehead atoms. The van der Waals surface area contributed by atoms with Crippen LogP contribution in [0.15, 0.2) is 16.5 Å². The van der Waals surface area contributed by atoms with E-state index in [0.717, 1.165) is 25.1 Å². The average molecular weight is 253 g/mol. The molecule has 4 nitrogen and oxygen atoms in total. The highest BCUT2D eigenvalue weighted by Crippen LogP contribution is 2.23. The predicted octanol–water partition coefficient (Wildman–Crippen LogP) is 3.15. The molecular formula is C14H23NO3. The minimum Gasteiger partial charge on any atom is -0.463 e. The molecule has 0 radical (unpaired) electrons. The van der Waals surface area contributed by atoms with Gasteiger partial charge >= 0.3 is 5.97 Å². The molecule has 1 rings (SSSR count). The zero-order valence-corrected chi connectivity index (χ0v) is 11.7. The number of hydrogen-bond acceptors (Lipinski definition) is 4. The second kappa shape index (κ2) is 7.21. The van der Waals surface area contributed by atoms with Crippen molar-refractivity contribution in [2.75, 3.05) is 13.7 Å². The molecule has 0 fully saturated rings. The van der Waals surface area contributed by atoms with Gasteiger partial charge in [-0.25, -0.2) is 4.79 Å². The van der Waals surface area contributed by atoms with Gasteiger partial charge in [-0.2, -0.15) is 0 Å². The Morgan fingerprint density at radius 3 is 2.67 bits per heavy atom. The van der Waals surface area contributed by atoms with Crippen molar-refractivity contribution in [1.29, 1.82) is 0 Å². The highest BCUT2D eigenvalue weighted by atomic mass is 16.5. The first kappa shape index (κ1) is 14.8. The van der Waals surface area contributed by atoms with Crippen molar-refractivity contribution >= 4 is 5.97 Å². The summed E-state index contributed by atoms with van der Waals surface area (Å²) in [5.41, 5.74) is 0. The molecule has 18 heavy (non-hydrogen) atoms. The molecule has 102 valence electrons. The largest absolute Gasteiger partial charge is 0.463 e. The third-order valence-corrected chi connectivity index (χ3v) is 2.84. The van der Waals surface area contributed by atoms with E-state index >= 15 is 0 Å². The van der Waals surface area contributed by atoms with Crippen molar-refractivity contribution in [1.82, 2.24) is 5.32 Å². The van der Waals surface area contributed by atoms with Gasteiger partial charge < -0.3 is 14.5 Å². The van der Waals surface area contributed by atoms with E-state index in [0.29, 0.717) is 5.92 Å². The highest BCUT2D eigenvalue weighted by Gasteiger charge is 2.18. The summed E-state index contributed by atoms with van der Waals surface area (Å²) in [7, 11) is 1.35. The number of furan rings is 1. The maximum atomic E-state index is 11.3. The first-order chi connectivity index (χ1) is 8.58. The van der Waals surface area contributed by atoms with Crippen molar-refractivity contribution < 1.29 is 13.9 Å². The van der Waals surface area contributed by atoms with Gasteiger partial charge in [0.1, 0.15) is 5.76 Å². The molecular weight excluding hydrogens is 230 g/mol. The summed E-state index contributed by atoms with van der Waals surface area (Å²) in [4.78, 5) is 11.3. The lowest BCUT2D eigenvalue weighted by atomic mass is 10.0. The van der Waals surface area contributed by atoms with Gasteiger partial charge in [0.05, 0.1) is 13.2 Å². The first-order valence-corrected chi connectivity index (χ1v) is 6.49. The molecule has 1 aromatic rings. The summed E-state index contributed by atoms with van der Waals surface area (Å²) in [5, 5.41) is 3.38. The maximum absolute atomic E-state index is 11.3. The predicted molar refractivity (Wildman–Crippen MR) is 70.5 cm³/mol. The fourth-order valence-electron chi connectivity index (χ4n) is 1.84. The Balaban J connectivity index is 2.72. The van der Waals surface area contributed by atoms with Gasteiger partial charge in [0.2, 0.25) is 5.76 Å². The van der Waals surface area contributed by atoms with Crippen molar-refractivity contribution in [3.8, 4) is 0 Å². The molecule has 0 saturated heterocycles. The standard InChI is InChI=1S/C14H23NO3/c1-5-15-11(7-6-10(2)3)12-8-9-13(18-12)14(16)17-4/h8-11,15H,5-7H2,1-4H3. The van der Waals surface area contributed by atoms with E-state index in [1.807, 2.05) is 6.07 Å². The number of esters is 1. The molecule has 0 amide bonds. The number of carbonyl (C=O) groups excluding carboxylic acids is 1. The van der Waals surface area contributed by atoms with Crippen LogP contribution in [0.4, 0.5) is 0 Å². The lowest BCUT2D eigenvalue weighted by Gasteiger charge is -2.16. The smallest absolute Gasteiger partial charge is 0.373 e. The Morgan fingerprint density at radius 1 is 1.39 bits per heavy atom. The molecule has 0 spiro atoms. The van der Waals surface area contributed by atoms with Crippen molar-refractivity contribution in [3.05, 3.63) is 23.7 Å². The molecule has 0 saturated carbocycles. The third-order valence-electron chi connectivity index (χ3n) is 2.84. The summed E-state index contributed by atoms with van der Waals surface area (Å²) in [5.74, 6) is 1.29. The normalized spacial score (nSPS) is 12.7. The molecule has 1 heterocycles. The molecule has 0 aromatic carbocycles. The number of rotatable bonds is 7. The van der Waals surface area contributed by atoms with Gasteiger partial charge in [-0.3, -0.25) is 0 Å². The van der Waals surface area contributed by atoms with Crippen LogP contribution in [0.25, 0.3) is 0 Å². The summed E-state index contributed by atoms with van der Waals surface area (Å²) < 4.78 is 10.2. The summed E-state index contributed by atoms with van der Waals surface area (Å²) in [6.45, 7) is 7.33.